The van der Waals surface area contributed by atoms with Crippen LogP contribution in [0, 0.1) is 11.8 Å². The molecule has 0 spiro atoms. The van der Waals surface area contributed by atoms with Gasteiger partial charge in [0, 0.05) is 25.0 Å². The fourth-order valence-corrected chi connectivity index (χ4v) is 3.36. The summed E-state index contributed by atoms with van der Waals surface area (Å²) in [4.78, 5) is 14.9. The summed E-state index contributed by atoms with van der Waals surface area (Å²) in [5.74, 6) is 1.58. The third kappa shape index (κ3) is 3.25. The predicted molar refractivity (Wildman–Crippen MR) is 74.4 cm³/mol. The molecule has 0 radical (unpaired) electrons. The van der Waals surface area contributed by atoms with E-state index in [1.54, 1.807) is 0 Å². The van der Waals surface area contributed by atoms with Crippen molar-refractivity contribution in [2.45, 2.75) is 58.4 Å². The van der Waals surface area contributed by atoms with Crippen LogP contribution < -0.4 is 5.32 Å². The van der Waals surface area contributed by atoms with Crippen molar-refractivity contribution in [1.82, 2.24) is 10.2 Å². The molecule has 1 saturated carbocycles. The Hall–Kier alpha value is -0.570. The van der Waals surface area contributed by atoms with E-state index >= 15 is 0 Å². The first-order chi connectivity index (χ1) is 8.72. The lowest BCUT2D eigenvalue weighted by Crippen LogP contribution is -2.45. The van der Waals surface area contributed by atoms with E-state index in [9.17, 15) is 4.79 Å². The highest BCUT2D eigenvalue weighted by Gasteiger charge is 2.32. The van der Waals surface area contributed by atoms with Gasteiger partial charge in [-0.1, -0.05) is 13.8 Å². The van der Waals surface area contributed by atoms with E-state index in [-0.39, 0.29) is 0 Å². The van der Waals surface area contributed by atoms with Crippen LogP contribution in [0.15, 0.2) is 0 Å². The van der Waals surface area contributed by atoms with Crippen molar-refractivity contribution in [3.05, 3.63) is 0 Å². The molecule has 0 bridgehead atoms. The molecular formula is C15H28N2O. The molecule has 104 valence electrons. The van der Waals surface area contributed by atoms with Crippen molar-refractivity contribution in [3.63, 3.8) is 0 Å². The van der Waals surface area contributed by atoms with E-state index in [2.05, 4.69) is 24.1 Å². The molecule has 1 unspecified atom stereocenters. The zero-order valence-electron chi connectivity index (χ0n) is 12.0. The van der Waals surface area contributed by atoms with Crippen LogP contribution in [-0.2, 0) is 4.79 Å². The van der Waals surface area contributed by atoms with Gasteiger partial charge in [0.1, 0.15) is 0 Å². The van der Waals surface area contributed by atoms with Gasteiger partial charge < -0.3 is 10.2 Å². The summed E-state index contributed by atoms with van der Waals surface area (Å²) >= 11 is 0. The summed E-state index contributed by atoms with van der Waals surface area (Å²) < 4.78 is 0. The quantitative estimate of drug-likeness (QED) is 0.833. The molecule has 2 aliphatic rings. The van der Waals surface area contributed by atoms with Gasteiger partial charge in [-0.15, -0.1) is 0 Å². The first kappa shape index (κ1) is 13.9. The molecule has 3 nitrogen and oxygen atoms in total. The number of rotatable bonds is 4. The molecule has 0 aromatic carbocycles. The predicted octanol–water partition coefficient (Wildman–Crippen LogP) is 2.41. The Balaban J connectivity index is 1.94. The Labute approximate surface area is 111 Å². The third-order valence-electron chi connectivity index (χ3n) is 4.59. The van der Waals surface area contributed by atoms with E-state index < -0.39 is 0 Å². The number of amides is 1. The number of hydrogen-bond acceptors (Lipinski definition) is 2. The summed E-state index contributed by atoms with van der Waals surface area (Å²) in [5.41, 5.74) is 0. The maximum atomic E-state index is 12.7. The van der Waals surface area contributed by atoms with Crippen LogP contribution in [0.25, 0.3) is 0 Å². The van der Waals surface area contributed by atoms with Crippen LogP contribution in [0.3, 0.4) is 0 Å². The molecule has 2 fully saturated rings. The molecule has 1 saturated heterocycles. The molecule has 0 aromatic heterocycles. The van der Waals surface area contributed by atoms with E-state index in [0.29, 0.717) is 17.9 Å². The van der Waals surface area contributed by atoms with Crippen molar-refractivity contribution in [2.24, 2.45) is 11.8 Å². The minimum absolute atomic E-state index is 0.313. The van der Waals surface area contributed by atoms with Crippen molar-refractivity contribution < 1.29 is 4.79 Å². The minimum Gasteiger partial charge on any atom is -0.338 e. The molecule has 1 atom stereocenters. The van der Waals surface area contributed by atoms with E-state index in [4.69, 9.17) is 0 Å². The van der Waals surface area contributed by atoms with Crippen LogP contribution in [0.1, 0.15) is 52.4 Å². The van der Waals surface area contributed by atoms with E-state index in [1.165, 1.54) is 12.8 Å². The molecule has 1 aliphatic heterocycles. The SMILES string of the molecule is CCCN(C(=O)C1CCC(C)CC1)C1CCNC1. The summed E-state index contributed by atoms with van der Waals surface area (Å²) in [5, 5.41) is 3.38. The molecular weight excluding hydrogens is 224 g/mol. The van der Waals surface area contributed by atoms with Gasteiger partial charge in [-0.2, -0.15) is 0 Å². The smallest absolute Gasteiger partial charge is 0.225 e. The van der Waals surface area contributed by atoms with Crippen LogP contribution in [0.5, 0.6) is 0 Å². The van der Waals surface area contributed by atoms with Crippen LogP contribution in [-0.4, -0.2) is 36.5 Å². The maximum Gasteiger partial charge on any atom is 0.225 e. The van der Waals surface area contributed by atoms with Crippen LogP contribution in [0.4, 0.5) is 0 Å². The molecule has 3 heteroatoms. The Morgan fingerprint density at radius 1 is 1.22 bits per heavy atom. The summed E-state index contributed by atoms with van der Waals surface area (Å²) in [7, 11) is 0. The minimum atomic E-state index is 0.313. The lowest BCUT2D eigenvalue weighted by Gasteiger charge is -2.34. The van der Waals surface area contributed by atoms with Gasteiger partial charge in [0.15, 0.2) is 0 Å². The van der Waals surface area contributed by atoms with Crippen LogP contribution in [0.2, 0.25) is 0 Å². The Morgan fingerprint density at radius 2 is 1.94 bits per heavy atom. The summed E-state index contributed by atoms with van der Waals surface area (Å²) in [6.45, 7) is 7.49. The van der Waals surface area contributed by atoms with Gasteiger partial charge in [-0.25, -0.2) is 0 Å². The normalized spacial score (nSPS) is 32.4. The van der Waals surface area contributed by atoms with Crippen LogP contribution >= 0.6 is 0 Å². The lowest BCUT2D eigenvalue weighted by atomic mass is 9.82. The van der Waals surface area contributed by atoms with Gasteiger partial charge in [0.2, 0.25) is 5.91 Å². The number of hydrogen-bond donors (Lipinski definition) is 1. The highest BCUT2D eigenvalue weighted by Crippen LogP contribution is 2.30. The Morgan fingerprint density at radius 3 is 2.50 bits per heavy atom. The van der Waals surface area contributed by atoms with E-state index in [0.717, 1.165) is 51.2 Å². The molecule has 1 amide bonds. The first-order valence-corrected chi connectivity index (χ1v) is 7.73. The summed E-state index contributed by atoms with van der Waals surface area (Å²) in [6, 6.07) is 0.455. The third-order valence-corrected chi connectivity index (χ3v) is 4.59. The number of carbonyl (C=O) groups is 1. The zero-order chi connectivity index (χ0) is 13.0. The standard InChI is InChI=1S/C15H28N2O/c1-3-10-17(14-8-9-16-11-14)15(18)13-6-4-12(2)5-7-13/h12-14,16H,3-11H2,1-2H3. The van der Waals surface area contributed by atoms with Crippen molar-refractivity contribution >= 4 is 5.91 Å². The number of carbonyl (C=O) groups excluding carboxylic acids is 1. The molecule has 0 aromatic rings. The van der Waals surface area contributed by atoms with Gasteiger partial charge in [0.05, 0.1) is 0 Å². The average Bonchev–Trinajstić information content (AvgIpc) is 2.90. The zero-order valence-corrected chi connectivity index (χ0v) is 12.0. The second-order valence-electron chi connectivity index (χ2n) is 6.14. The maximum absolute atomic E-state index is 12.7. The van der Waals surface area contributed by atoms with Crippen molar-refractivity contribution in [2.75, 3.05) is 19.6 Å². The van der Waals surface area contributed by atoms with Gasteiger partial charge in [-0.3, -0.25) is 4.79 Å². The van der Waals surface area contributed by atoms with E-state index in [1.807, 2.05) is 0 Å². The molecule has 1 heterocycles. The molecule has 18 heavy (non-hydrogen) atoms. The molecule has 1 aliphatic carbocycles. The van der Waals surface area contributed by atoms with Crippen molar-refractivity contribution in [1.29, 1.82) is 0 Å². The largest absolute Gasteiger partial charge is 0.338 e. The van der Waals surface area contributed by atoms with Gasteiger partial charge in [-0.05, 0) is 51.0 Å². The number of nitrogens with zero attached hydrogens (tertiary/aromatic N) is 1. The Bertz CT molecular complexity index is 266. The van der Waals surface area contributed by atoms with Gasteiger partial charge in [0.25, 0.3) is 0 Å². The molecule has 1 N–H and O–H groups in total. The number of nitrogens with one attached hydrogen (secondary N) is 1. The average molecular weight is 252 g/mol. The van der Waals surface area contributed by atoms with Gasteiger partial charge >= 0.3 is 0 Å². The second kappa shape index (κ2) is 6.55. The summed E-state index contributed by atoms with van der Waals surface area (Å²) in [6.07, 6.45) is 6.90. The highest BCUT2D eigenvalue weighted by atomic mass is 16.2. The topological polar surface area (TPSA) is 32.3 Å². The first-order valence-electron chi connectivity index (χ1n) is 7.73. The van der Waals surface area contributed by atoms with Crippen molar-refractivity contribution in [3.8, 4) is 0 Å². The molecule has 2 rings (SSSR count). The fourth-order valence-electron chi connectivity index (χ4n) is 3.36. The fraction of sp³-hybridized carbons (Fsp3) is 0.933. The highest BCUT2D eigenvalue weighted by molar-refractivity contribution is 5.79. The second-order valence-corrected chi connectivity index (χ2v) is 6.14. The lowest BCUT2D eigenvalue weighted by molar-refractivity contribution is -0.138. The monoisotopic (exact) mass is 252 g/mol. The Kier molecular flexibility index (Phi) is 5.04.